The quantitative estimate of drug-likeness (QED) is 0.544. The first-order chi connectivity index (χ1) is 4.88. The Morgan fingerprint density at radius 1 is 1.40 bits per heavy atom. The standard InChI is InChI=1S/C6H3ClN2O/c7-6-5-4(1-2-8-6)9-3-10-5/h1-3H. The number of aromatic nitrogens is 2. The third-order valence-electron chi connectivity index (χ3n) is 1.20. The van der Waals surface area contributed by atoms with E-state index in [2.05, 4.69) is 9.97 Å². The Kier molecular flexibility index (Phi) is 1.11. The van der Waals surface area contributed by atoms with Gasteiger partial charge in [0.05, 0.1) is 0 Å². The Morgan fingerprint density at radius 3 is 3.10 bits per heavy atom. The molecule has 2 aromatic heterocycles. The fourth-order valence-electron chi connectivity index (χ4n) is 0.760. The molecule has 2 aromatic rings. The highest BCUT2D eigenvalue weighted by Gasteiger charge is 2.01. The summed E-state index contributed by atoms with van der Waals surface area (Å²) < 4.78 is 4.94. The number of hydrogen-bond acceptors (Lipinski definition) is 3. The monoisotopic (exact) mass is 154 g/mol. The van der Waals surface area contributed by atoms with Crippen LogP contribution in [0.25, 0.3) is 11.1 Å². The molecule has 0 N–H and O–H groups in total. The molecule has 0 aliphatic heterocycles. The number of halogens is 1. The molecule has 0 amide bonds. The van der Waals surface area contributed by atoms with E-state index in [0.29, 0.717) is 10.7 Å². The maximum Gasteiger partial charge on any atom is 0.191 e. The second kappa shape index (κ2) is 1.95. The van der Waals surface area contributed by atoms with Gasteiger partial charge < -0.3 is 4.42 Å². The molecule has 0 aliphatic rings. The molecule has 2 heterocycles. The number of pyridine rings is 1. The summed E-state index contributed by atoms with van der Waals surface area (Å²) >= 11 is 5.65. The highest BCUT2D eigenvalue weighted by Crippen LogP contribution is 2.18. The minimum atomic E-state index is 0.356. The van der Waals surface area contributed by atoms with Gasteiger partial charge in [-0.3, -0.25) is 0 Å². The van der Waals surface area contributed by atoms with Crippen LogP contribution in [0.5, 0.6) is 0 Å². The van der Waals surface area contributed by atoms with Crippen molar-refractivity contribution in [1.82, 2.24) is 9.97 Å². The first-order valence-corrected chi connectivity index (χ1v) is 3.09. The van der Waals surface area contributed by atoms with Gasteiger partial charge >= 0.3 is 0 Å². The molecule has 10 heavy (non-hydrogen) atoms. The van der Waals surface area contributed by atoms with Crippen molar-refractivity contribution < 1.29 is 4.42 Å². The molecule has 0 spiro atoms. The molecule has 0 aliphatic carbocycles. The lowest BCUT2D eigenvalue weighted by molar-refractivity contribution is 0.601. The van der Waals surface area contributed by atoms with Crippen LogP contribution in [0, 0.1) is 0 Å². The smallest absolute Gasteiger partial charge is 0.191 e. The van der Waals surface area contributed by atoms with E-state index in [1.165, 1.54) is 6.39 Å². The van der Waals surface area contributed by atoms with Crippen LogP contribution < -0.4 is 0 Å². The molecule has 0 saturated carbocycles. The molecule has 0 aromatic carbocycles. The summed E-state index contributed by atoms with van der Waals surface area (Å²) in [5.41, 5.74) is 1.28. The van der Waals surface area contributed by atoms with E-state index in [1.54, 1.807) is 12.3 Å². The Labute approximate surface area is 61.6 Å². The maximum absolute atomic E-state index is 5.65. The molecular formula is C6H3ClN2O. The predicted molar refractivity (Wildman–Crippen MR) is 36.8 cm³/mol. The molecule has 0 bridgehead atoms. The van der Waals surface area contributed by atoms with Gasteiger partial charge in [-0.25, -0.2) is 9.97 Å². The van der Waals surface area contributed by atoms with Crippen LogP contribution in [-0.2, 0) is 0 Å². The van der Waals surface area contributed by atoms with Crippen LogP contribution in [0.2, 0.25) is 5.15 Å². The van der Waals surface area contributed by atoms with Crippen molar-refractivity contribution in [1.29, 1.82) is 0 Å². The van der Waals surface area contributed by atoms with Crippen molar-refractivity contribution in [3.63, 3.8) is 0 Å². The van der Waals surface area contributed by atoms with Crippen LogP contribution in [0.4, 0.5) is 0 Å². The number of fused-ring (bicyclic) bond motifs is 1. The summed E-state index contributed by atoms with van der Waals surface area (Å²) in [6.45, 7) is 0. The van der Waals surface area contributed by atoms with Crippen LogP contribution in [0.15, 0.2) is 23.1 Å². The van der Waals surface area contributed by atoms with Crippen molar-refractivity contribution in [3.05, 3.63) is 23.8 Å². The van der Waals surface area contributed by atoms with E-state index in [1.807, 2.05) is 0 Å². The SMILES string of the molecule is Clc1nccc2ncoc12. The zero-order valence-electron chi connectivity index (χ0n) is 4.91. The van der Waals surface area contributed by atoms with Gasteiger partial charge in [0.25, 0.3) is 0 Å². The Hall–Kier alpha value is -1.09. The highest BCUT2D eigenvalue weighted by molar-refractivity contribution is 6.33. The zero-order chi connectivity index (χ0) is 6.97. The average Bonchev–Trinajstić information content (AvgIpc) is 2.36. The van der Waals surface area contributed by atoms with E-state index in [9.17, 15) is 0 Å². The zero-order valence-corrected chi connectivity index (χ0v) is 5.67. The van der Waals surface area contributed by atoms with Crippen LogP contribution in [0.3, 0.4) is 0 Å². The summed E-state index contributed by atoms with van der Waals surface area (Å²) in [7, 11) is 0. The predicted octanol–water partition coefficient (Wildman–Crippen LogP) is 1.88. The first kappa shape index (κ1) is 5.68. The van der Waals surface area contributed by atoms with E-state index in [4.69, 9.17) is 16.0 Å². The largest absolute Gasteiger partial charge is 0.440 e. The summed E-state index contributed by atoms with van der Waals surface area (Å²) in [5.74, 6) is 0. The van der Waals surface area contributed by atoms with Crippen molar-refractivity contribution in [2.24, 2.45) is 0 Å². The van der Waals surface area contributed by atoms with E-state index < -0.39 is 0 Å². The fraction of sp³-hybridized carbons (Fsp3) is 0. The summed E-state index contributed by atoms with van der Waals surface area (Å²) in [4.78, 5) is 7.70. The van der Waals surface area contributed by atoms with Gasteiger partial charge in [0, 0.05) is 6.20 Å². The van der Waals surface area contributed by atoms with Gasteiger partial charge in [0.15, 0.2) is 17.1 Å². The molecule has 50 valence electrons. The molecule has 0 atom stereocenters. The number of rotatable bonds is 0. The van der Waals surface area contributed by atoms with E-state index in [0.717, 1.165) is 5.52 Å². The van der Waals surface area contributed by atoms with Gasteiger partial charge in [-0.1, -0.05) is 11.6 Å². The van der Waals surface area contributed by atoms with Gasteiger partial charge in [-0.2, -0.15) is 0 Å². The third kappa shape index (κ3) is 0.675. The number of oxazole rings is 1. The number of nitrogens with zero attached hydrogens (tertiary/aromatic N) is 2. The van der Waals surface area contributed by atoms with E-state index >= 15 is 0 Å². The summed E-state index contributed by atoms with van der Waals surface area (Å²) in [6.07, 6.45) is 2.94. The molecule has 4 heteroatoms. The minimum Gasteiger partial charge on any atom is -0.440 e. The fourth-order valence-corrected chi connectivity index (χ4v) is 0.957. The summed E-state index contributed by atoms with van der Waals surface area (Å²) in [5, 5.41) is 0.356. The molecule has 0 radical (unpaired) electrons. The highest BCUT2D eigenvalue weighted by atomic mass is 35.5. The second-order valence-corrected chi connectivity index (χ2v) is 2.16. The second-order valence-electron chi connectivity index (χ2n) is 1.80. The van der Waals surface area contributed by atoms with Crippen LogP contribution in [-0.4, -0.2) is 9.97 Å². The Bertz CT molecular complexity index is 357. The minimum absolute atomic E-state index is 0.356. The average molecular weight is 155 g/mol. The Balaban J connectivity index is 2.95. The van der Waals surface area contributed by atoms with Crippen molar-refractivity contribution >= 4 is 22.7 Å². The molecule has 0 unspecified atom stereocenters. The van der Waals surface area contributed by atoms with Gasteiger partial charge in [0.1, 0.15) is 5.52 Å². The lowest BCUT2D eigenvalue weighted by Gasteiger charge is -1.85. The van der Waals surface area contributed by atoms with Crippen molar-refractivity contribution in [2.45, 2.75) is 0 Å². The Morgan fingerprint density at radius 2 is 2.30 bits per heavy atom. The molecule has 2 rings (SSSR count). The molecule has 0 fully saturated rings. The van der Waals surface area contributed by atoms with Crippen LogP contribution in [0.1, 0.15) is 0 Å². The molecule has 3 nitrogen and oxygen atoms in total. The van der Waals surface area contributed by atoms with Gasteiger partial charge in [0.2, 0.25) is 0 Å². The lowest BCUT2D eigenvalue weighted by atomic mass is 10.4. The van der Waals surface area contributed by atoms with Crippen LogP contribution >= 0.6 is 11.6 Å². The van der Waals surface area contributed by atoms with Crippen molar-refractivity contribution in [3.8, 4) is 0 Å². The summed E-state index contributed by atoms with van der Waals surface area (Å²) in [6, 6.07) is 1.74. The van der Waals surface area contributed by atoms with Gasteiger partial charge in [-0.15, -0.1) is 0 Å². The lowest BCUT2D eigenvalue weighted by Crippen LogP contribution is -1.73. The van der Waals surface area contributed by atoms with Gasteiger partial charge in [-0.05, 0) is 6.07 Å². The third-order valence-corrected chi connectivity index (χ3v) is 1.47. The topological polar surface area (TPSA) is 38.9 Å². The molecular weight excluding hydrogens is 152 g/mol. The number of hydrogen-bond donors (Lipinski definition) is 0. The molecule has 0 saturated heterocycles. The maximum atomic E-state index is 5.65. The van der Waals surface area contributed by atoms with E-state index in [-0.39, 0.29) is 0 Å². The normalized spacial score (nSPS) is 10.5. The first-order valence-electron chi connectivity index (χ1n) is 2.71. The van der Waals surface area contributed by atoms with Crippen molar-refractivity contribution in [2.75, 3.05) is 0 Å².